The van der Waals surface area contributed by atoms with Crippen LogP contribution in [0.15, 0.2) is 18.2 Å². The van der Waals surface area contributed by atoms with E-state index in [1.165, 1.54) is 18.2 Å². The fourth-order valence-electron chi connectivity index (χ4n) is 3.79. The quantitative estimate of drug-likeness (QED) is 0.680. The van der Waals surface area contributed by atoms with Crippen LogP contribution in [0, 0.1) is 5.82 Å². The molecule has 8 nitrogen and oxygen atoms in total. The predicted molar refractivity (Wildman–Crippen MR) is 108 cm³/mol. The van der Waals surface area contributed by atoms with Crippen LogP contribution in [0.1, 0.15) is 26.2 Å². The Balaban J connectivity index is 1.55. The Bertz CT molecular complexity index is 902. The molecule has 1 spiro atoms. The SMILES string of the molecule is C[C@]1(O)COC2(CCN(C(=O)COc3ccc(F)c(Cl)c3)CC2)C[C@@H]1NS(C)(=O)=O. The molecule has 1 aromatic rings. The summed E-state index contributed by atoms with van der Waals surface area (Å²) >= 11 is 5.71. The maximum Gasteiger partial charge on any atom is 0.260 e. The second kappa shape index (κ2) is 8.58. The third kappa shape index (κ3) is 5.61. The van der Waals surface area contributed by atoms with E-state index in [4.69, 9.17) is 21.1 Å². The summed E-state index contributed by atoms with van der Waals surface area (Å²) in [5, 5.41) is 10.4. The molecule has 2 atom stereocenters. The highest BCUT2D eigenvalue weighted by molar-refractivity contribution is 7.88. The largest absolute Gasteiger partial charge is 0.484 e. The van der Waals surface area contributed by atoms with Crippen molar-refractivity contribution < 1.29 is 32.2 Å². The van der Waals surface area contributed by atoms with E-state index in [2.05, 4.69) is 4.72 Å². The second-order valence-electron chi connectivity index (χ2n) is 8.22. The molecule has 1 aromatic carbocycles. The van der Waals surface area contributed by atoms with Crippen LogP contribution in [0.2, 0.25) is 5.02 Å². The Morgan fingerprint density at radius 3 is 2.70 bits per heavy atom. The van der Waals surface area contributed by atoms with Crippen LogP contribution in [-0.2, 0) is 19.6 Å². The zero-order valence-corrected chi connectivity index (χ0v) is 18.4. The van der Waals surface area contributed by atoms with Gasteiger partial charge in [0.15, 0.2) is 6.61 Å². The smallest absolute Gasteiger partial charge is 0.260 e. The Morgan fingerprint density at radius 2 is 2.10 bits per heavy atom. The molecule has 0 aliphatic carbocycles. The summed E-state index contributed by atoms with van der Waals surface area (Å²) in [5.41, 5.74) is -1.92. The van der Waals surface area contributed by atoms with E-state index < -0.39 is 33.1 Å². The minimum absolute atomic E-state index is 0.00255. The van der Waals surface area contributed by atoms with Gasteiger partial charge in [0.2, 0.25) is 10.0 Å². The monoisotopic (exact) mass is 464 g/mol. The van der Waals surface area contributed by atoms with E-state index in [0.29, 0.717) is 38.1 Å². The third-order valence-electron chi connectivity index (χ3n) is 5.63. The summed E-state index contributed by atoms with van der Waals surface area (Å²) in [6.45, 7) is 2.17. The molecule has 2 saturated heterocycles. The lowest BCUT2D eigenvalue weighted by atomic mass is 9.78. The number of nitrogens with zero attached hydrogens (tertiary/aromatic N) is 1. The zero-order chi connectivity index (χ0) is 22.2. The molecule has 11 heteroatoms. The number of hydrogen-bond donors (Lipinski definition) is 2. The van der Waals surface area contributed by atoms with Gasteiger partial charge in [0.1, 0.15) is 17.2 Å². The van der Waals surface area contributed by atoms with E-state index in [1.807, 2.05) is 0 Å². The lowest BCUT2D eigenvalue weighted by Crippen LogP contribution is -2.64. The predicted octanol–water partition coefficient (Wildman–Crippen LogP) is 1.31. The van der Waals surface area contributed by atoms with Gasteiger partial charge in [-0.05, 0) is 38.3 Å². The number of hydrogen-bond acceptors (Lipinski definition) is 6. The number of amides is 1. The number of aliphatic hydroxyl groups is 1. The van der Waals surface area contributed by atoms with E-state index in [9.17, 15) is 22.7 Å². The molecular formula is C19H26ClFN2O6S. The van der Waals surface area contributed by atoms with Crippen LogP contribution in [0.4, 0.5) is 4.39 Å². The Labute approximate surface area is 180 Å². The number of piperidine rings is 1. The van der Waals surface area contributed by atoms with Gasteiger partial charge >= 0.3 is 0 Å². The molecule has 0 unspecified atom stereocenters. The molecule has 2 N–H and O–H groups in total. The molecule has 2 heterocycles. The van der Waals surface area contributed by atoms with Gasteiger partial charge in [0.25, 0.3) is 5.91 Å². The highest BCUT2D eigenvalue weighted by Gasteiger charge is 2.49. The number of halogens is 2. The van der Waals surface area contributed by atoms with Gasteiger partial charge in [-0.25, -0.2) is 17.5 Å². The van der Waals surface area contributed by atoms with Crippen molar-refractivity contribution in [1.29, 1.82) is 0 Å². The zero-order valence-electron chi connectivity index (χ0n) is 16.9. The van der Waals surface area contributed by atoms with E-state index in [0.717, 1.165) is 6.26 Å². The molecule has 3 rings (SSSR count). The van der Waals surface area contributed by atoms with Crippen molar-refractivity contribution in [3.63, 3.8) is 0 Å². The van der Waals surface area contributed by atoms with E-state index >= 15 is 0 Å². The average Bonchev–Trinajstić information content (AvgIpc) is 2.65. The molecule has 1 amide bonds. The first kappa shape index (κ1) is 23.2. The first-order valence-electron chi connectivity index (χ1n) is 9.58. The standard InChI is InChI=1S/C19H26ClFN2O6S/c1-18(25)12-29-19(10-16(18)22-30(2,26)27)5-7-23(8-6-19)17(24)11-28-13-3-4-15(21)14(20)9-13/h3-4,9,16,22,25H,5-8,10-12H2,1-2H3/t16-,18-/m0/s1. The van der Waals surface area contributed by atoms with Crippen molar-refractivity contribution in [3.05, 3.63) is 29.0 Å². The van der Waals surface area contributed by atoms with Gasteiger partial charge in [0.05, 0.1) is 29.5 Å². The van der Waals surface area contributed by atoms with Gasteiger partial charge in [-0.1, -0.05) is 11.6 Å². The molecule has 2 fully saturated rings. The number of sulfonamides is 1. The minimum atomic E-state index is -3.49. The number of rotatable bonds is 5. The molecule has 0 radical (unpaired) electrons. The van der Waals surface area contributed by atoms with Crippen molar-refractivity contribution in [1.82, 2.24) is 9.62 Å². The number of nitrogens with one attached hydrogen (secondary N) is 1. The number of carbonyl (C=O) groups excluding carboxylic acids is 1. The summed E-state index contributed by atoms with van der Waals surface area (Å²) in [7, 11) is -3.49. The highest BCUT2D eigenvalue weighted by atomic mass is 35.5. The van der Waals surface area contributed by atoms with Crippen LogP contribution in [0.25, 0.3) is 0 Å². The molecule has 30 heavy (non-hydrogen) atoms. The maximum atomic E-state index is 13.2. The number of ether oxygens (including phenoxy) is 2. The average molecular weight is 465 g/mol. The van der Waals surface area contributed by atoms with Crippen LogP contribution in [-0.4, -0.2) is 74.1 Å². The molecular weight excluding hydrogens is 439 g/mol. The Kier molecular flexibility index (Phi) is 6.64. The second-order valence-corrected chi connectivity index (χ2v) is 10.4. The fourth-order valence-corrected chi connectivity index (χ4v) is 4.82. The van der Waals surface area contributed by atoms with E-state index in [1.54, 1.807) is 11.8 Å². The maximum absolute atomic E-state index is 13.2. The number of likely N-dealkylation sites (tertiary alicyclic amines) is 1. The van der Waals surface area contributed by atoms with Crippen LogP contribution >= 0.6 is 11.6 Å². The van der Waals surface area contributed by atoms with Crippen molar-refractivity contribution in [2.75, 3.05) is 32.6 Å². The first-order valence-corrected chi connectivity index (χ1v) is 11.9. The molecule has 2 aliphatic rings. The first-order chi connectivity index (χ1) is 13.9. The van der Waals surface area contributed by atoms with Gasteiger partial charge in [-0.15, -0.1) is 0 Å². The van der Waals surface area contributed by atoms with Crippen molar-refractivity contribution in [2.24, 2.45) is 0 Å². The lowest BCUT2D eigenvalue weighted by molar-refractivity contribution is -0.191. The van der Waals surface area contributed by atoms with Gasteiger partial charge in [-0.2, -0.15) is 0 Å². The molecule has 0 saturated carbocycles. The topological polar surface area (TPSA) is 105 Å². The Morgan fingerprint density at radius 1 is 1.43 bits per heavy atom. The van der Waals surface area contributed by atoms with Crippen molar-refractivity contribution >= 4 is 27.5 Å². The van der Waals surface area contributed by atoms with Crippen LogP contribution in [0.3, 0.4) is 0 Å². The normalized spacial score (nSPS) is 26.6. The van der Waals surface area contributed by atoms with Gasteiger partial charge < -0.3 is 19.5 Å². The van der Waals surface area contributed by atoms with E-state index in [-0.39, 0.29) is 24.1 Å². The van der Waals surface area contributed by atoms with Gasteiger partial charge in [-0.3, -0.25) is 4.79 Å². The number of benzene rings is 1. The van der Waals surface area contributed by atoms with Crippen molar-refractivity contribution in [3.8, 4) is 5.75 Å². The molecule has 0 bridgehead atoms. The van der Waals surface area contributed by atoms with Gasteiger partial charge in [0, 0.05) is 19.2 Å². The highest BCUT2D eigenvalue weighted by Crippen LogP contribution is 2.38. The summed E-state index contributed by atoms with van der Waals surface area (Å²) < 4.78 is 50.4. The lowest BCUT2D eigenvalue weighted by Gasteiger charge is -2.50. The third-order valence-corrected chi connectivity index (χ3v) is 6.64. The van der Waals surface area contributed by atoms with Crippen LogP contribution < -0.4 is 9.46 Å². The summed E-state index contributed by atoms with van der Waals surface area (Å²) in [5.74, 6) is -0.485. The minimum Gasteiger partial charge on any atom is -0.484 e. The summed E-state index contributed by atoms with van der Waals surface area (Å²) in [6, 6.07) is 3.21. The molecule has 0 aromatic heterocycles. The molecule has 168 valence electrons. The summed E-state index contributed by atoms with van der Waals surface area (Å²) in [6.07, 6.45) is 2.40. The fraction of sp³-hybridized carbons (Fsp3) is 0.632. The van der Waals surface area contributed by atoms with Crippen LogP contribution in [0.5, 0.6) is 5.75 Å². The molecule has 2 aliphatic heterocycles. The number of carbonyl (C=O) groups is 1. The van der Waals surface area contributed by atoms with Crippen molar-refractivity contribution in [2.45, 2.75) is 43.4 Å². The Hall–Kier alpha value is -1.46. The summed E-state index contributed by atoms with van der Waals surface area (Å²) in [4.78, 5) is 14.1.